The molecule has 2 aromatic heterocycles. The summed E-state index contributed by atoms with van der Waals surface area (Å²) >= 11 is 0. The summed E-state index contributed by atoms with van der Waals surface area (Å²) in [5.41, 5.74) is 0.807. The molecule has 7 nitrogen and oxygen atoms in total. The molecule has 0 saturated carbocycles. The summed E-state index contributed by atoms with van der Waals surface area (Å²) in [5, 5.41) is 12.8. The van der Waals surface area contributed by atoms with E-state index in [0.29, 0.717) is 6.10 Å². The van der Waals surface area contributed by atoms with E-state index >= 15 is 0 Å². The molecule has 1 atom stereocenters. The number of aromatic nitrogens is 4. The first-order chi connectivity index (χ1) is 11.3. The highest BCUT2D eigenvalue weighted by Gasteiger charge is 2.21. The minimum absolute atomic E-state index is 0.494. The molecular weight excluding hydrogens is 292 g/mol. The molecule has 1 unspecified atom stereocenters. The second-order valence-corrected chi connectivity index (χ2v) is 6.46. The van der Waals surface area contributed by atoms with Gasteiger partial charge in [-0.1, -0.05) is 0 Å². The fourth-order valence-electron chi connectivity index (χ4n) is 3.45. The van der Waals surface area contributed by atoms with E-state index in [0.717, 1.165) is 56.6 Å². The summed E-state index contributed by atoms with van der Waals surface area (Å²) < 4.78 is 7.54. The van der Waals surface area contributed by atoms with Gasteiger partial charge in [-0.25, -0.2) is 0 Å². The first kappa shape index (κ1) is 14.8. The molecular formula is C16H24N6O. The van der Waals surface area contributed by atoms with Gasteiger partial charge >= 0.3 is 0 Å². The third-order valence-corrected chi connectivity index (χ3v) is 4.89. The summed E-state index contributed by atoms with van der Waals surface area (Å²) in [6, 6.07) is 4.04. The summed E-state index contributed by atoms with van der Waals surface area (Å²) in [6.07, 6.45) is 4.13. The highest BCUT2D eigenvalue weighted by Crippen LogP contribution is 2.18. The molecule has 0 aromatic carbocycles. The highest BCUT2D eigenvalue weighted by molar-refractivity contribution is 5.46. The smallest absolute Gasteiger partial charge is 0.178 e. The van der Waals surface area contributed by atoms with Gasteiger partial charge in [-0.05, 0) is 38.3 Å². The number of anilines is 1. The van der Waals surface area contributed by atoms with Crippen molar-refractivity contribution >= 4 is 11.5 Å². The average Bonchev–Trinajstić information content (AvgIpc) is 3.23. The molecule has 124 valence electrons. The molecule has 2 fully saturated rings. The third kappa shape index (κ3) is 3.16. The highest BCUT2D eigenvalue weighted by atomic mass is 16.5. The fourth-order valence-corrected chi connectivity index (χ4v) is 3.45. The lowest BCUT2D eigenvalue weighted by molar-refractivity contribution is 0.0910. The van der Waals surface area contributed by atoms with Crippen LogP contribution in [-0.4, -0.2) is 70.1 Å². The molecule has 4 heterocycles. The van der Waals surface area contributed by atoms with Gasteiger partial charge < -0.3 is 9.64 Å². The van der Waals surface area contributed by atoms with Crippen LogP contribution < -0.4 is 4.90 Å². The Morgan fingerprint density at radius 1 is 1.17 bits per heavy atom. The Hall–Kier alpha value is -1.73. The predicted molar refractivity (Wildman–Crippen MR) is 87.8 cm³/mol. The molecule has 0 spiro atoms. The van der Waals surface area contributed by atoms with E-state index in [-0.39, 0.29) is 0 Å². The Morgan fingerprint density at radius 2 is 2.04 bits per heavy atom. The van der Waals surface area contributed by atoms with Gasteiger partial charge in [0.05, 0.1) is 6.10 Å². The molecule has 4 rings (SSSR count). The summed E-state index contributed by atoms with van der Waals surface area (Å²) in [7, 11) is 0. The van der Waals surface area contributed by atoms with E-state index in [1.807, 2.05) is 23.6 Å². The standard InChI is InChI=1S/C16H24N6O/c1-13-17-18-15-4-5-16(19-22(13)15)21-10-8-20(9-11-21)7-6-14-3-2-12-23-14/h4-5,14H,2-3,6-12H2,1H3. The van der Waals surface area contributed by atoms with Crippen molar-refractivity contribution in [1.82, 2.24) is 24.7 Å². The van der Waals surface area contributed by atoms with Crippen molar-refractivity contribution in [3.05, 3.63) is 18.0 Å². The molecule has 0 bridgehead atoms. The monoisotopic (exact) mass is 316 g/mol. The lowest BCUT2D eigenvalue weighted by Gasteiger charge is -2.35. The van der Waals surface area contributed by atoms with Crippen molar-refractivity contribution in [1.29, 1.82) is 0 Å². The van der Waals surface area contributed by atoms with Crippen LogP contribution in [0.25, 0.3) is 5.65 Å². The van der Waals surface area contributed by atoms with Crippen LogP contribution in [0.2, 0.25) is 0 Å². The maximum atomic E-state index is 5.72. The van der Waals surface area contributed by atoms with Crippen LogP contribution in [0.4, 0.5) is 5.82 Å². The summed E-state index contributed by atoms with van der Waals surface area (Å²) in [4.78, 5) is 4.89. The van der Waals surface area contributed by atoms with Gasteiger partial charge in [0.2, 0.25) is 0 Å². The molecule has 0 aliphatic carbocycles. The van der Waals surface area contributed by atoms with Crippen molar-refractivity contribution in [2.75, 3.05) is 44.2 Å². The van der Waals surface area contributed by atoms with Gasteiger partial charge in [0.25, 0.3) is 0 Å². The zero-order valence-corrected chi connectivity index (χ0v) is 13.7. The number of hydrogen-bond donors (Lipinski definition) is 0. The van der Waals surface area contributed by atoms with Crippen molar-refractivity contribution in [3.63, 3.8) is 0 Å². The summed E-state index contributed by atoms with van der Waals surface area (Å²) in [5.74, 6) is 1.84. The SMILES string of the molecule is Cc1nnc2ccc(N3CCN(CCC4CCCO4)CC3)nn12. The van der Waals surface area contributed by atoms with Gasteiger partial charge in [-0.3, -0.25) is 4.90 Å². The van der Waals surface area contributed by atoms with Crippen LogP contribution in [0.3, 0.4) is 0 Å². The Bertz CT molecular complexity index is 658. The maximum absolute atomic E-state index is 5.72. The Labute approximate surface area is 136 Å². The van der Waals surface area contributed by atoms with Gasteiger partial charge in [-0.15, -0.1) is 15.3 Å². The second-order valence-electron chi connectivity index (χ2n) is 6.46. The first-order valence-electron chi connectivity index (χ1n) is 8.57. The first-order valence-corrected chi connectivity index (χ1v) is 8.57. The largest absolute Gasteiger partial charge is 0.378 e. The normalized spacial score (nSPS) is 23.0. The van der Waals surface area contributed by atoms with E-state index in [1.54, 1.807) is 0 Å². The van der Waals surface area contributed by atoms with Crippen molar-refractivity contribution < 1.29 is 4.74 Å². The zero-order chi connectivity index (χ0) is 15.6. The minimum atomic E-state index is 0.494. The molecule has 7 heteroatoms. The van der Waals surface area contributed by atoms with Gasteiger partial charge in [0, 0.05) is 39.3 Å². The average molecular weight is 316 g/mol. The number of rotatable bonds is 4. The molecule has 2 aliphatic heterocycles. The van der Waals surface area contributed by atoms with E-state index in [4.69, 9.17) is 4.74 Å². The maximum Gasteiger partial charge on any atom is 0.178 e. The number of nitrogens with zero attached hydrogens (tertiary/aromatic N) is 6. The van der Waals surface area contributed by atoms with E-state index in [1.165, 1.54) is 19.3 Å². The fraction of sp³-hybridized carbons (Fsp3) is 0.688. The van der Waals surface area contributed by atoms with Crippen LogP contribution in [0.1, 0.15) is 25.1 Å². The molecule has 2 aromatic rings. The molecule has 2 saturated heterocycles. The predicted octanol–water partition coefficient (Wildman–Crippen LogP) is 1.12. The van der Waals surface area contributed by atoms with Crippen LogP contribution in [0.15, 0.2) is 12.1 Å². The Balaban J connectivity index is 1.33. The molecule has 0 radical (unpaired) electrons. The van der Waals surface area contributed by atoms with Crippen LogP contribution in [0.5, 0.6) is 0 Å². The quantitative estimate of drug-likeness (QED) is 0.842. The van der Waals surface area contributed by atoms with Gasteiger partial charge in [0.15, 0.2) is 11.5 Å². The number of aryl methyl sites for hydroxylation is 1. The molecule has 23 heavy (non-hydrogen) atoms. The molecule has 0 amide bonds. The lowest BCUT2D eigenvalue weighted by Crippen LogP contribution is -2.47. The zero-order valence-electron chi connectivity index (χ0n) is 13.7. The van der Waals surface area contributed by atoms with Crippen LogP contribution in [0, 0.1) is 6.92 Å². The summed E-state index contributed by atoms with van der Waals surface area (Å²) in [6.45, 7) is 8.25. The Morgan fingerprint density at radius 3 is 2.83 bits per heavy atom. The minimum Gasteiger partial charge on any atom is -0.378 e. The molecule has 0 N–H and O–H groups in total. The van der Waals surface area contributed by atoms with Crippen molar-refractivity contribution in [2.45, 2.75) is 32.3 Å². The number of piperazine rings is 1. The van der Waals surface area contributed by atoms with E-state index in [2.05, 4.69) is 25.1 Å². The van der Waals surface area contributed by atoms with Crippen LogP contribution >= 0.6 is 0 Å². The number of fused-ring (bicyclic) bond motifs is 1. The van der Waals surface area contributed by atoms with Gasteiger partial charge in [-0.2, -0.15) is 4.52 Å². The topological polar surface area (TPSA) is 58.8 Å². The van der Waals surface area contributed by atoms with Crippen LogP contribution in [-0.2, 0) is 4.74 Å². The van der Waals surface area contributed by atoms with E-state index < -0.39 is 0 Å². The third-order valence-electron chi connectivity index (χ3n) is 4.89. The number of ether oxygens (including phenoxy) is 1. The Kier molecular flexibility index (Phi) is 4.13. The second kappa shape index (κ2) is 6.41. The lowest BCUT2D eigenvalue weighted by atomic mass is 10.1. The number of hydrogen-bond acceptors (Lipinski definition) is 6. The van der Waals surface area contributed by atoms with Crippen molar-refractivity contribution in [3.8, 4) is 0 Å². The van der Waals surface area contributed by atoms with E-state index in [9.17, 15) is 0 Å². The van der Waals surface area contributed by atoms with Crippen molar-refractivity contribution in [2.24, 2.45) is 0 Å². The van der Waals surface area contributed by atoms with Gasteiger partial charge in [0.1, 0.15) is 5.82 Å². The molecule has 2 aliphatic rings.